The van der Waals surface area contributed by atoms with Crippen molar-refractivity contribution in [2.75, 3.05) is 0 Å². The number of hydrogen-bond donors (Lipinski definition) is 5. The number of H-pyrrole nitrogens is 1. The normalized spacial score (nSPS) is 12.7. The molecule has 0 aliphatic carbocycles. The summed E-state index contributed by atoms with van der Waals surface area (Å²) in [5.74, 6) is -3.05. The van der Waals surface area contributed by atoms with Gasteiger partial charge in [0.15, 0.2) is 6.10 Å². The van der Waals surface area contributed by atoms with Crippen LogP contribution >= 0.6 is 0 Å². The Labute approximate surface area is 183 Å². The van der Waals surface area contributed by atoms with Gasteiger partial charge < -0.3 is 20.6 Å². The van der Waals surface area contributed by atoms with Crippen LogP contribution in [0.1, 0.15) is 28.2 Å². The number of aliphatic hydroxyl groups excluding tert-OH is 1. The number of aliphatic carboxylic acids is 2. The maximum atomic E-state index is 12.6. The van der Waals surface area contributed by atoms with Crippen molar-refractivity contribution in [3.05, 3.63) is 77.6 Å². The number of aromatic nitrogens is 2. The molecule has 1 aromatic heterocycles. The van der Waals surface area contributed by atoms with Gasteiger partial charge in [-0.05, 0) is 29.2 Å². The molecule has 0 saturated heterocycles. The fourth-order valence-electron chi connectivity index (χ4n) is 3.30. The highest BCUT2D eigenvalue weighted by Gasteiger charge is 2.23. The lowest BCUT2D eigenvalue weighted by molar-refractivity contribution is -0.147. The summed E-state index contributed by atoms with van der Waals surface area (Å²) in [6.07, 6.45) is -1.87. The quantitative estimate of drug-likeness (QED) is 0.325. The Morgan fingerprint density at radius 1 is 0.969 bits per heavy atom. The summed E-state index contributed by atoms with van der Waals surface area (Å²) in [5.41, 5.74) is 3.17. The first-order valence-electron chi connectivity index (χ1n) is 9.94. The van der Waals surface area contributed by atoms with Crippen LogP contribution in [0.3, 0.4) is 0 Å². The zero-order valence-electron chi connectivity index (χ0n) is 17.1. The summed E-state index contributed by atoms with van der Waals surface area (Å²) in [4.78, 5) is 34.5. The number of carbonyl (C=O) groups is 3. The second kappa shape index (κ2) is 10.4. The van der Waals surface area contributed by atoms with Crippen LogP contribution < -0.4 is 5.32 Å². The van der Waals surface area contributed by atoms with E-state index in [1.165, 1.54) is 6.07 Å². The van der Waals surface area contributed by atoms with Gasteiger partial charge in [0.05, 0.1) is 6.42 Å². The number of amides is 1. The van der Waals surface area contributed by atoms with E-state index in [0.717, 1.165) is 16.7 Å². The van der Waals surface area contributed by atoms with E-state index in [1.807, 2.05) is 54.6 Å². The van der Waals surface area contributed by atoms with Crippen LogP contribution in [0.5, 0.6) is 0 Å². The summed E-state index contributed by atoms with van der Waals surface area (Å²) in [5, 5.41) is 36.7. The fraction of sp³-hybridized carbons (Fsp3) is 0.217. The van der Waals surface area contributed by atoms with E-state index >= 15 is 0 Å². The summed E-state index contributed by atoms with van der Waals surface area (Å²) in [6.45, 7) is 0. The fourth-order valence-corrected chi connectivity index (χ4v) is 3.30. The molecule has 1 amide bonds. The minimum absolute atomic E-state index is 0.0181. The Kier molecular flexibility index (Phi) is 7.35. The smallest absolute Gasteiger partial charge is 0.332 e. The van der Waals surface area contributed by atoms with E-state index in [4.69, 9.17) is 10.2 Å². The number of aromatic amines is 1. The van der Waals surface area contributed by atoms with Crippen molar-refractivity contribution >= 4 is 17.8 Å². The molecule has 2 aromatic carbocycles. The number of hydrogen-bond acceptors (Lipinski definition) is 5. The molecule has 3 rings (SSSR count). The Morgan fingerprint density at radius 3 is 2.25 bits per heavy atom. The van der Waals surface area contributed by atoms with Crippen molar-refractivity contribution in [3.8, 4) is 11.1 Å². The van der Waals surface area contributed by atoms with Crippen molar-refractivity contribution in [1.29, 1.82) is 0 Å². The van der Waals surface area contributed by atoms with Crippen LogP contribution in [0, 0.1) is 0 Å². The highest BCUT2D eigenvalue weighted by molar-refractivity contribution is 5.92. The molecule has 3 aromatic rings. The highest BCUT2D eigenvalue weighted by Crippen LogP contribution is 2.20. The molecular formula is C23H23N3O6. The second-order valence-corrected chi connectivity index (χ2v) is 7.38. The van der Waals surface area contributed by atoms with Gasteiger partial charge in [-0.3, -0.25) is 14.7 Å². The van der Waals surface area contributed by atoms with Crippen molar-refractivity contribution in [2.45, 2.75) is 31.4 Å². The van der Waals surface area contributed by atoms with E-state index in [0.29, 0.717) is 0 Å². The molecule has 0 unspecified atom stereocenters. The number of rotatable bonds is 10. The average Bonchev–Trinajstić information content (AvgIpc) is 3.22. The third kappa shape index (κ3) is 6.26. The molecule has 0 aliphatic rings. The van der Waals surface area contributed by atoms with Crippen LogP contribution in [0.4, 0.5) is 0 Å². The number of aliphatic hydroxyl groups is 1. The maximum absolute atomic E-state index is 12.6. The van der Waals surface area contributed by atoms with Crippen LogP contribution in [-0.2, 0) is 22.4 Å². The van der Waals surface area contributed by atoms with E-state index < -0.39 is 30.0 Å². The maximum Gasteiger partial charge on any atom is 0.332 e. The molecule has 166 valence electrons. The third-order valence-corrected chi connectivity index (χ3v) is 4.88. The number of carboxylic acids is 2. The molecule has 9 heteroatoms. The van der Waals surface area contributed by atoms with Gasteiger partial charge in [-0.25, -0.2) is 4.79 Å². The van der Waals surface area contributed by atoms with Crippen LogP contribution in [-0.4, -0.2) is 55.5 Å². The van der Waals surface area contributed by atoms with Crippen molar-refractivity contribution in [2.24, 2.45) is 0 Å². The molecule has 0 fully saturated rings. The lowest BCUT2D eigenvalue weighted by Gasteiger charge is -2.20. The van der Waals surface area contributed by atoms with E-state index in [9.17, 15) is 19.5 Å². The number of nitrogens with zero attached hydrogens (tertiary/aromatic N) is 1. The van der Waals surface area contributed by atoms with Gasteiger partial charge >= 0.3 is 11.9 Å². The molecule has 0 radical (unpaired) electrons. The summed E-state index contributed by atoms with van der Waals surface area (Å²) in [7, 11) is 0. The first kappa shape index (κ1) is 22.7. The first-order valence-corrected chi connectivity index (χ1v) is 9.94. The number of nitrogens with one attached hydrogen (secondary N) is 2. The van der Waals surface area contributed by atoms with E-state index in [2.05, 4.69) is 15.5 Å². The predicted octanol–water partition coefficient (Wildman–Crippen LogP) is 1.88. The van der Waals surface area contributed by atoms with Crippen LogP contribution in [0.2, 0.25) is 0 Å². The lowest BCUT2D eigenvalue weighted by Crippen LogP contribution is -2.40. The standard InChI is InChI=1S/C23H23N3O6/c27-20(23(31)32)12-17(24-22(30)19-11-18(25-26-19)13-21(28)29)10-14-6-8-16(9-7-14)15-4-2-1-3-5-15/h1-9,11,17,20,27H,10,12-13H2,(H,24,30)(H,25,26)(H,28,29)(H,31,32)/t17-,20-/m1/s1. The van der Waals surface area contributed by atoms with E-state index in [1.54, 1.807) is 0 Å². The molecule has 5 N–H and O–H groups in total. The third-order valence-electron chi connectivity index (χ3n) is 4.88. The van der Waals surface area contributed by atoms with Gasteiger partial charge in [-0.1, -0.05) is 54.6 Å². The minimum atomic E-state index is -1.65. The molecule has 1 heterocycles. The SMILES string of the molecule is O=C(O)Cc1cc(C(=O)N[C@H](Cc2ccc(-c3ccccc3)cc2)C[C@@H](O)C(=O)O)n[nH]1. The molecule has 0 aliphatic heterocycles. The summed E-state index contributed by atoms with van der Waals surface area (Å²) >= 11 is 0. The molecule has 0 saturated carbocycles. The molecule has 2 atom stereocenters. The van der Waals surface area contributed by atoms with Gasteiger partial charge in [0, 0.05) is 18.2 Å². The van der Waals surface area contributed by atoms with E-state index in [-0.39, 0.29) is 30.7 Å². The molecule has 32 heavy (non-hydrogen) atoms. The number of carbonyl (C=O) groups excluding carboxylic acids is 1. The first-order chi connectivity index (χ1) is 15.3. The van der Waals surface area contributed by atoms with Crippen molar-refractivity contribution < 1.29 is 29.7 Å². The zero-order valence-corrected chi connectivity index (χ0v) is 17.1. The topological polar surface area (TPSA) is 153 Å². The summed E-state index contributed by atoms with van der Waals surface area (Å²) < 4.78 is 0. The monoisotopic (exact) mass is 437 g/mol. The molecule has 0 spiro atoms. The van der Waals surface area contributed by atoms with Crippen LogP contribution in [0.15, 0.2) is 60.7 Å². The van der Waals surface area contributed by atoms with Gasteiger partial charge in [-0.2, -0.15) is 5.10 Å². The number of carboxylic acid groups (broad SMARTS) is 2. The number of benzene rings is 2. The Bertz CT molecular complexity index is 1080. The zero-order chi connectivity index (χ0) is 23.1. The largest absolute Gasteiger partial charge is 0.481 e. The molecular weight excluding hydrogens is 414 g/mol. The van der Waals surface area contributed by atoms with Gasteiger partial charge in [0.1, 0.15) is 5.69 Å². The molecule has 0 bridgehead atoms. The van der Waals surface area contributed by atoms with Crippen LogP contribution in [0.25, 0.3) is 11.1 Å². The Hall–Kier alpha value is -3.98. The Balaban J connectivity index is 1.72. The second-order valence-electron chi connectivity index (χ2n) is 7.38. The van der Waals surface area contributed by atoms with Gasteiger partial charge in [0.25, 0.3) is 5.91 Å². The van der Waals surface area contributed by atoms with Crippen molar-refractivity contribution in [1.82, 2.24) is 15.5 Å². The van der Waals surface area contributed by atoms with Crippen molar-refractivity contribution in [3.63, 3.8) is 0 Å². The minimum Gasteiger partial charge on any atom is -0.481 e. The highest BCUT2D eigenvalue weighted by atomic mass is 16.4. The predicted molar refractivity (Wildman–Crippen MR) is 115 cm³/mol. The average molecular weight is 437 g/mol. The summed E-state index contributed by atoms with van der Waals surface area (Å²) in [6, 6.07) is 18.1. The van der Waals surface area contributed by atoms with Gasteiger partial charge in [0.2, 0.25) is 0 Å². The lowest BCUT2D eigenvalue weighted by atomic mass is 9.97. The molecule has 9 nitrogen and oxygen atoms in total. The Morgan fingerprint density at radius 2 is 1.62 bits per heavy atom. The van der Waals surface area contributed by atoms with Gasteiger partial charge in [-0.15, -0.1) is 0 Å².